The molecule has 0 unspecified atom stereocenters. The summed E-state index contributed by atoms with van der Waals surface area (Å²) in [7, 11) is 0. The van der Waals surface area contributed by atoms with Crippen LogP contribution < -0.4 is 0 Å². The number of benzene rings is 1. The maximum absolute atomic E-state index is 12.2. The fourth-order valence-corrected chi connectivity index (χ4v) is 2.22. The molecule has 0 radical (unpaired) electrons. The van der Waals surface area contributed by atoms with Crippen molar-refractivity contribution in [1.29, 1.82) is 0 Å². The van der Waals surface area contributed by atoms with Gasteiger partial charge in [-0.1, -0.05) is 19.1 Å². The Morgan fingerprint density at radius 1 is 1.15 bits per heavy atom. The number of carboxylic acid groups (broad SMARTS) is 1. The summed E-state index contributed by atoms with van der Waals surface area (Å²) < 4.78 is 0. The van der Waals surface area contributed by atoms with Crippen molar-refractivity contribution in [3.63, 3.8) is 0 Å². The van der Waals surface area contributed by atoms with Gasteiger partial charge < -0.3 is 5.11 Å². The third-order valence-corrected chi connectivity index (χ3v) is 3.51. The van der Waals surface area contributed by atoms with Gasteiger partial charge in [-0.05, 0) is 31.1 Å². The summed E-state index contributed by atoms with van der Waals surface area (Å²) in [5, 5.41) is 9.02. The molecule has 1 aromatic rings. The Kier molecular flexibility index (Phi) is 3.70. The van der Waals surface area contributed by atoms with Gasteiger partial charge in [0.1, 0.15) is 0 Å². The van der Waals surface area contributed by atoms with Gasteiger partial charge >= 0.3 is 5.97 Å². The summed E-state index contributed by atoms with van der Waals surface area (Å²) in [4.78, 5) is 36.5. The minimum absolute atomic E-state index is 0.0288. The topological polar surface area (TPSA) is 74.7 Å². The van der Waals surface area contributed by atoms with Gasteiger partial charge in [0.2, 0.25) is 0 Å². The highest BCUT2D eigenvalue weighted by Crippen LogP contribution is 2.24. The van der Waals surface area contributed by atoms with Gasteiger partial charge in [0.15, 0.2) is 0 Å². The van der Waals surface area contributed by atoms with E-state index in [2.05, 4.69) is 0 Å². The van der Waals surface area contributed by atoms with Crippen LogP contribution in [0.4, 0.5) is 0 Å². The lowest BCUT2D eigenvalue weighted by atomic mass is 10.1. The molecule has 5 heteroatoms. The minimum Gasteiger partial charge on any atom is -0.478 e. The third kappa shape index (κ3) is 2.22. The maximum atomic E-state index is 12.2. The van der Waals surface area contributed by atoms with Gasteiger partial charge in [0.25, 0.3) is 11.8 Å². The van der Waals surface area contributed by atoms with Gasteiger partial charge in [-0.15, -0.1) is 0 Å². The lowest BCUT2D eigenvalue weighted by molar-refractivity contribution is -0.132. The van der Waals surface area contributed by atoms with Gasteiger partial charge in [-0.3, -0.25) is 14.5 Å². The van der Waals surface area contributed by atoms with E-state index in [0.29, 0.717) is 23.1 Å². The molecule has 1 heterocycles. The maximum Gasteiger partial charge on any atom is 0.331 e. The number of carbonyl (C=O) groups excluding carboxylic acids is 2. The first-order chi connectivity index (χ1) is 9.47. The fraction of sp³-hybridized carbons (Fsp3) is 0.267. The summed E-state index contributed by atoms with van der Waals surface area (Å²) in [6, 6.07) is 6.61. The summed E-state index contributed by atoms with van der Waals surface area (Å²) in [5.74, 6) is -1.76. The van der Waals surface area contributed by atoms with Crippen LogP contribution in [0.3, 0.4) is 0 Å². The molecule has 1 aliphatic rings. The van der Waals surface area contributed by atoms with Gasteiger partial charge in [-0.25, -0.2) is 4.79 Å². The second-order valence-corrected chi connectivity index (χ2v) is 4.63. The lowest BCUT2D eigenvalue weighted by Crippen LogP contribution is -2.32. The molecule has 2 amide bonds. The molecule has 0 aliphatic carbocycles. The zero-order chi connectivity index (χ0) is 14.9. The van der Waals surface area contributed by atoms with Crippen LogP contribution in [0.1, 0.15) is 41.0 Å². The molecule has 1 aliphatic heterocycles. The highest BCUT2D eigenvalue weighted by Gasteiger charge is 2.35. The Balaban J connectivity index is 2.33. The molecule has 0 fully saturated rings. The van der Waals surface area contributed by atoms with Crippen molar-refractivity contribution in [3.8, 4) is 0 Å². The van der Waals surface area contributed by atoms with Crippen LogP contribution in [0.25, 0.3) is 0 Å². The highest BCUT2D eigenvalue weighted by atomic mass is 16.4. The van der Waals surface area contributed by atoms with Crippen LogP contribution in [0, 0.1) is 0 Å². The second-order valence-electron chi connectivity index (χ2n) is 4.63. The van der Waals surface area contributed by atoms with Crippen molar-refractivity contribution in [1.82, 2.24) is 4.90 Å². The Morgan fingerprint density at radius 3 is 2.05 bits per heavy atom. The van der Waals surface area contributed by atoms with Gasteiger partial charge in [0, 0.05) is 5.57 Å². The van der Waals surface area contributed by atoms with E-state index >= 15 is 0 Å². The smallest absolute Gasteiger partial charge is 0.331 e. The monoisotopic (exact) mass is 273 g/mol. The zero-order valence-corrected chi connectivity index (χ0v) is 11.3. The van der Waals surface area contributed by atoms with Crippen molar-refractivity contribution in [2.75, 3.05) is 6.54 Å². The van der Waals surface area contributed by atoms with Crippen LogP contribution in [0.15, 0.2) is 35.4 Å². The molecule has 0 spiro atoms. The number of carboxylic acids is 1. The zero-order valence-electron chi connectivity index (χ0n) is 11.3. The van der Waals surface area contributed by atoms with E-state index in [1.807, 2.05) is 0 Å². The van der Waals surface area contributed by atoms with Crippen molar-refractivity contribution < 1.29 is 19.5 Å². The first kappa shape index (κ1) is 14.0. The largest absolute Gasteiger partial charge is 0.478 e. The average Bonchev–Trinajstić information content (AvgIpc) is 2.68. The van der Waals surface area contributed by atoms with E-state index in [1.54, 1.807) is 31.2 Å². The fourth-order valence-electron chi connectivity index (χ4n) is 2.22. The number of nitrogens with zero attached hydrogens (tertiary/aromatic N) is 1. The molecule has 2 rings (SSSR count). The molecule has 0 saturated heterocycles. The summed E-state index contributed by atoms with van der Waals surface area (Å²) in [6.45, 7) is 3.32. The molecule has 0 atom stereocenters. The van der Waals surface area contributed by atoms with Crippen molar-refractivity contribution >= 4 is 17.8 Å². The van der Waals surface area contributed by atoms with E-state index in [9.17, 15) is 14.4 Å². The Bertz CT molecular complexity index is 596. The second kappa shape index (κ2) is 5.28. The van der Waals surface area contributed by atoms with E-state index in [0.717, 1.165) is 4.90 Å². The number of aliphatic carboxylic acids is 1. The van der Waals surface area contributed by atoms with Crippen molar-refractivity contribution in [2.45, 2.75) is 20.3 Å². The van der Waals surface area contributed by atoms with E-state index in [-0.39, 0.29) is 23.9 Å². The molecule has 0 aromatic heterocycles. The number of imide groups is 1. The van der Waals surface area contributed by atoms with E-state index in [1.165, 1.54) is 6.92 Å². The van der Waals surface area contributed by atoms with E-state index in [4.69, 9.17) is 5.11 Å². The van der Waals surface area contributed by atoms with E-state index < -0.39 is 5.97 Å². The Labute approximate surface area is 116 Å². The number of fused-ring (bicyclic) bond motifs is 1. The SMILES string of the molecule is CC/C(CN1C(=O)c2ccccc2C1=O)=C(/C)C(=O)O. The van der Waals surface area contributed by atoms with Gasteiger partial charge in [0.05, 0.1) is 17.7 Å². The van der Waals surface area contributed by atoms with Crippen molar-refractivity contribution in [2.24, 2.45) is 0 Å². The number of hydrogen-bond acceptors (Lipinski definition) is 3. The normalized spacial score (nSPS) is 15.2. The highest BCUT2D eigenvalue weighted by molar-refractivity contribution is 6.21. The summed E-state index contributed by atoms with van der Waals surface area (Å²) in [5.41, 5.74) is 1.51. The number of hydrogen-bond donors (Lipinski definition) is 1. The summed E-state index contributed by atoms with van der Waals surface area (Å²) in [6.07, 6.45) is 0.478. The Hall–Kier alpha value is -2.43. The molecule has 1 N–H and O–H groups in total. The van der Waals surface area contributed by atoms with Gasteiger partial charge in [-0.2, -0.15) is 0 Å². The quantitative estimate of drug-likeness (QED) is 0.673. The molecule has 20 heavy (non-hydrogen) atoms. The molecule has 0 saturated carbocycles. The molecule has 104 valence electrons. The average molecular weight is 273 g/mol. The van der Waals surface area contributed by atoms with Crippen LogP contribution in [0.2, 0.25) is 0 Å². The lowest BCUT2D eigenvalue weighted by Gasteiger charge is -2.16. The van der Waals surface area contributed by atoms with Crippen LogP contribution in [0.5, 0.6) is 0 Å². The number of rotatable bonds is 4. The number of carbonyl (C=O) groups is 3. The predicted octanol–water partition coefficient (Wildman–Crippen LogP) is 2.09. The van der Waals surface area contributed by atoms with Crippen LogP contribution in [-0.2, 0) is 4.79 Å². The first-order valence-electron chi connectivity index (χ1n) is 6.34. The van der Waals surface area contributed by atoms with Crippen LogP contribution in [-0.4, -0.2) is 34.3 Å². The predicted molar refractivity (Wildman–Crippen MR) is 72.4 cm³/mol. The number of amides is 2. The molecule has 1 aromatic carbocycles. The first-order valence-corrected chi connectivity index (χ1v) is 6.34. The van der Waals surface area contributed by atoms with Crippen molar-refractivity contribution in [3.05, 3.63) is 46.5 Å². The molecular formula is C15H15NO4. The Morgan fingerprint density at radius 2 is 1.65 bits per heavy atom. The molecule has 5 nitrogen and oxygen atoms in total. The third-order valence-electron chi connectivity index (χ3n) is 3.51. The standard InChI is InChI=1S/C15H15NO4/c1-3-10(9(2)15(19)20)8-16-13(17)11-6-4-5-7-12(11)14(16)18/h4-7H,3,8H2,1-2H3,(H,19,20)/b10-9+. The van der Waals surface area contributed by atoms with Crippen LogP contribution >= 0.6 is 0 Å². The molecular weight excluding hydrogens is 258 g/mol. The minimum atomic E-state index is -1.03. The molecule has 0 bridgehead atoms. The summed E-state index contributed by atoms with van der Waals surface area (Å²) >= 11 is 0.